The van der Waals surface area contributed by atoms with E-state index >= 15 is 0 Å². The highest BCUT2D eigenvalue weighted by molar-refractivity contribution is 5.74. The van der Waals surface area contributed by atoms with Crippen LogP contribution in [-0.4, -0.2) is 59.6 Å². The molecule has 0 radical (unpaired) electrons. The average molecular weight is 252 g/mol. The Morgan fingerprint density at radius 1 is 1.17 bits per heavy atom. The number of nitrogens with zero attached hydrogens (tertiary/aromatic N) is 2. The maximum atomic E-state index is 11.3. The number of piperidine rings is 4. The van der Waals surface area contributed by atoms with E-state index in [-0.39, 0.29) is 0 Å². The van der Waals surface area contributed by atoms with Gasteiger partial charge in [0.05, 0.1) is 5.41 Å². The lowest BCUT2D eigenvalue weighted by molar-refractivity contribution is -0.151. The van der Waals surface area contributed by atoms with Crippen LogP contribution in [0.4, 0.5) is 0 Å². The van der Waals surface area contributed by atoms with Crippen molar-refractivity contribution in [3.63, 3.8) is 0 Å². The van der Waals surface area contributed by atoms with E-state index in [4.69, 9.17) is 0 Å². The molecule has 1 atom stereocenters. The highest BCUT2D eigenvalue weighted by Crippen LogP contribution is 2.36. The number of aliphatic carboxylic acids is 1. The Morgan fingerprint density at radius 3 is 2.22 bits per heavy atom. The number of hydrogen-bond acceptors (Lipinski definition) is 3. The van der Waals surface area contributed by atoms with E-state index < -0.39 is 11.4 Å². The van der Waals surface area contributed by atoms with Gasteiger partial charge in [0.25, 0.3) is 0 Å². The third kappa shape index (κ3) is 2.05. The fraction of sp³-hybridized carbons (Fsp3) is 0.929. The molecule has 4 fully saturated rings. The highest BCUT2D eigenvalue weighted by Gasteiger charge is 2.42. The molecule has 4 aliphatic heterocycles. The zero-order valence-corrected chi connectivity index (χ0v) is 11.3. The second-order valence-electron chi connectivity index (χ2n) is 6.61. The summed E-state index contributed by atoms with van der Waals surface area (Å²) >= 11 is 0. The fourth-order valence-corrected chi connectivity index (χ4v) is 3.91. The fourth-order valence-electron chi connectivity index (χ4n) is 3.91. The Balaban J connectivity index is 1.61. The first-order valence-electron chi connectivity index (χ1n) is 7.28. The Bertz CT molecular complexity index is 329. The molecule has 0 amide bonds. The van der Waals surface area contributed by atoms with Gasteiger partial charge in [0.15, 0.2) is 0 Å². The monoisotopic (exact) mass is 252 g/mol. The van der Waals surface area contributed by atoms with Crippen LogP contribution in [0.1, 0.15) is 32.6 Å². The van der Waals surface area contributed by atoms with Gasteiger partial charge in [0.1, 0.15) is 0 Å². The van der Waals surface area contributed by atoms with Crippen LogP contribution in [0.25, 0.3) is 0 Å². The SMILES string of the molecule is CC1(C(=O)O)CCN(C2CN3CCC2CC3)CC1. The minimum atomic E-state index is -0.615. The number of hydrogen-bond donors (Lipinski definition) is 1. The van der Waals surface area contributed by atoms with Crippen LogP contribution in [0.5, 0.6) is 0 Å². The van der Waals surface area contributed by atoms with E-state index in [1.807, 2.05) is 6.92 Å². The number of rotatable bonds is 2. The topological polar surface area (TPSA) is 43.8 Å². The van der Waals surface area contributed by atoms with E-state index in [1.165, 1.54) is 32.5 Å². The minimum Gasteiger partial charge on any atom is -0.481 e. The van der Waals surface area contributed by atoms with Gasteiger partial charge in [-0.15, -0.1) is 0 Å². The average Bonchev–Trinajstić information content (AvgIpc) is 2.40. The van der Waals surface area contributed by atoms with Crippen molar-refractivity contribution in [3.8, 4) is 0 Å². The standard InChI is InChI=1S/C14H24N2O2/c1-14(13(17)18)4-8-16(9-5-14)12-10-15-6-2-11(12)3-7-15/h11-12H,2-10H2,1H3,(H,17,18). The molecule has 1 N–H and O–H groups in total. The van der Waals surface area contributed by atoms with Gasteiger partial charge in [-0.2, -0.15) is 0 Å². The minimum absolute atomic E-state index is 0.482. The van der Waals surface area contributed by atoms with Gasteiger partial charge in [-0.3, -0.25) is 9.69 Å². The summed E-state index contributed by atoms with van der Waals surface area (Å²) in [6, 6.07) is 0.700. The highest BCUT2D eigenvalue weighted by atomic mass is 16.4. The molecule has 4 nitrogen and oxygen atoms in total. The molecule has 4 heteroatoms. The summed E-state index contributed by atoms with van der Waals surface area (Å²) in [6.07, 6.45) is 4.31. The van der Waals surface area contributed by atoms with Crippen molar-refractivity contribution in [2.45, 2.75) is 38.6 Å². The molecule has 102 valence electrons. The molecule has 0 aromatic rings. The summed E-state index contributed by atoms with van der Waals surface area (Å²) in [4.78, 5) is 16.4. The Hall–Kier alpha value is -0.610. The summed E-state index contributed by atoms with van der Waals surface area (Å²) in [7, 11) is 0. The van der Waals surface area contributed by atoms with Crippen LogP contribution in [0.2, 0.25) is 0 Å². The summed E-state index contributed by atoms with van der Waals surface area (Å²) in [5.41, 5.74) is -0.482. The first-order chi connectivity index (χ1) is 8.58. The predicted octanol–water partition coefficient (Wildman–Crippen LogP) is 1.27. The Kier molecular flexibility index (Phi) is 3.10. The Labute approximate surface area is 109 Å². The van der Waals surface area contributed by atoms with Gasteiger partial charge in [-0.1, -0.05) is 0 Å². The molecule has 1 unspecified atom stereocenters. The second-order valence-corrected chi connectivity index (χ2v) is 6.61. The van der Waals surface area contributed by atoms with Gasteiger partial charge in [-0.25, -0.2) is 0 Å². The molecule has 0 aliphatic carbocycles. The molecule has 4 saturated heterocycles. The van der Waals surface area contributed by atoms with E-state index in [9.17, 15) is 9.90 Å². The molecule has 4 heterocycles. The van der Waals surface area contributed by atoms with Gasteiger partial charge in [0, 0.05) is 12.6 Å². The molecule has 0 aromatic carbocycles. The van der Waals surface area contributed by atoms with E-state index in [0.717, 1.165) is 31.8 Å². The third-order valence-corrected chi connectivity index (χ3v) is 5.51. The number of likely N-dealkylation sites (tertiary alicyclic amines) is 1. The van der Waals surface area contributed by atoms with Crippen LogP contribution in [0.3, 0.4) is 0 Å². The molecule has 0 aromatic heterocycles. The van der Waals surface area contributed by atoms with Crippen molar-refractivity contribution in [2.75, 3.05) is 32.7 Å². The van der Waals surface area contributed by atoms with Gasteiger partial charge < -0.3 is 10.0 Å². The summed E-state index contributed by atoms with van der Waals surface area (Å²) < 4.78 is 0. The lowest BCUT2D eigenvalue weighted by atomic mass is 9.77. The van der Waals surface area contributed by atoms with Gasteiger partial charge >= 0.3 is 5.97 Å². The molecule has 18 heavy (non-hydrogen) atoms. The summed E-state index contributed by atoms with van der Waals surface area (Å²) in [5.74, 6) is 0.250. The lowest BCUT2D eigenvalue weighted by Crippen LogP contribution is -2.59. The summed E-state index contributed by atoms with van der Waals surface area (Å²) in [6.45, 7) is 7.62. The number of carboxylic acid groups (broad SMARTS) is 1. The Morgan fingerprint density at radius 2 is 1.78 bits per heavy atom. The molecule has 2 bridgehead atoms. The van der Waals surface area contributed by atoms with Crippen LogP contribution < -0.4 is 0 Å². The van der Waals surface area contributed by atoms with E-state index in [0.29, 0.717) is 6.04 Å². The second kappa shape index (κ2) is 4.49. The first kappa shape index (κ1) is 12.4. The molecular weight excluding hydrogens is 228 g/mol. The summed E-state index contributed by atoms with van der Waals surface area (Å²) in [5, 5.41) is 9.27. The quantitative estimate of drug-likeness (QED) is 0.804. The normalized spacial score (nSPS) is 39.7. The van der Waals surface area contributed by atoms with Crippen LogP contribution in [0.15, 0.2) is 0 Å². The maximum absolute atomic E-state index is 11.3. The van der Waals surface area contributed by atoms with E-state index in [1.54, 1.807) is 0 Å². The predicted molar refractivity (Wildman–Crippen MR) is 69.5 cm³/mol. The zero-order valence-electron chi connectivity index (χ0n) is 11.3. The van der Waals surface area contributed by atoms with Gasteiger partial charge in [0.2, 0.25) is 0 Å². The zero-order chi connectivity index (χ0) is 12.8. The van der Waals surface area contributed by atoms with Gasteiger partial charge in [-0.05, 0) is 64.7 Å². The van der Waals surface area contributed by atoms with Crippen molar-refractivity contribution in [2.24, 2.45) is 11.3 Å². The first-order valence-corrected chi connectivity index (χ1v) is 7.28. The van der Waals surface area contributed by atoms with Crippen molar-refractivity contribution >= 4 is 5.97 Å². The number of carbonyl (C=O) groups is 1. The molecular formula is C14H24N2O2. The molecule has 4 aliphatic rings. The van der Waals surface area contributed by atoms with Crippen LogP contribution in [0, 0.1) is 11.3 Å². The molecule has 0 spiro atoms. The smallest absolute Gasteiger partial charge is 0.309 e. The van der Waals surface area contributed by atoms with Crippen molar-refractivity contribution < 1.29 is 9.90 Å². The van der Waals surface area contributed by atoms with Crippen molar-refractivity contribution in [3.05, 3.63) is 0 Å². The third-order valence-electron chi connectivity index (χ3n) is 5.51. The largest absolute Gasteiger partial charge is 0.481 e. The molecule has 0 saturated carbocycles. The van der Waals surface area contributed by atoms with E-state index in [2.05, 4.69) is 9.80 Å². The van der Waals surface area contributed by atoms with Crippen molar-refractivity contribution in [1.82, 2.24) is 9.80 Å². The van der Waals surface area contributed by atoms with Crippen LogP contribution >= 0.6 is 0 Å². The van der Waals surface area contributed by atoms with Crippen LogP contribution in [-0.2, 0) is 4.79 Å². The maximum Gasteiger partial charge on any atom is 0.309 e. The number of carboxylic acids is 1. The number of fused-ring (bicyclic) bond motifs is 3. The van der Waals surface area contributed by atoms with Crippen molar-refractivity contribution in [1.29, 1.82) is 0 Å². The lowest BCUT2D eigenvalue weighted by Gasteiger charge is -2.51. The molecule has 4 rings (SSSR count).